The van der Waals surface area contributed by atoms with Gasteiger partial charge in [-0.3, -0.25) is 0 Å². The normalized spacial score (nSPS) is 15.1. The van der Waals surface area contributed by atoms with Gasteiger partial charge in [-0.05, 0) is 12.5 Å². The number of morpholine rings is 1. The molecule has 0 atom stereocenters. The summed E-state index contributed by atoms with van der Waals surface area (Å²) < 4.78 is 5.35. The van der Waals surface area contributed by atoms with Gasteiger partial charge in [-0.25, -0.2) is 5.43 Å². The molecule has 2 aromatic rings. The van der Waals surface area contributed by atoms with Crippen LogP contribution in [0.25, 0.3) is 0 Å². The van der Waals surface area contributed by atoms with E-state index < -0.39 is 0 Å². The number of nitrogens with zero attached hydrogens (tertiary/aromatic N) is 4. The highest BCUT2D eigenvalue weighted by Crippen LogP contribution is 2.17. The zero-order chi connectivity index (χ0) is 16.1. The molecule has 0 unspecified atom stereocenters. The molecule has 1 fully saturated rings. The highest BCUT2D eigenvalue weighted by atomic mass is 16.5. The van der Waals surface area contributed by atoms with Gasteiger partial charge in [0.1, 0.15) is 11.6 Å². The third-order valence-electron chi connectivity index (χ3n) is 3.49. The fraction of sp³-hybridized carbons (Fsp3) is 0.312. The number of benzene rings is 1. The Balaban J connectivity index is 1.71. The van der Waals surface area contributed by atoms with Gasteiger partial charge in [0.2, 0.25) is 5.95 Å². The monoisotopic (exact) mass is 312 g/mol. The van der Waals surface area contributed by atoms with E-state index >= 15 is 0 Å². The first-order valence-corrected chi connectivity index (χ1v) is 7.54. The van der Waals surface area contributed by atoms with E-state index in [9.17, 15) is 0 Å². The fourth-order valence-corrected chi connectivity index (χ4v) is 2.37. The average molecular weight is 312 g/mol. The van der Waals surface area contributed by atoms with Gasteiger partial charge in [0.25, 0.3) is 0 Å². The highest BCUT2D eigenvalue weighted by molar-refractivity contribution is 5.80. The number of hydrogen-bond donors (Lipinski definition) is 2. The van der Waals surface area contributed by atoms with Crippen LogP contribution in [-0.2, 0) is 4.74 Å². The van der Waals surface area contributed by atoms with E-state index in [1.165, 1.54) is 5.56 Å². The van der Waals surface area contributed by atoms with Crippen molar-refractivity contribution in [3.8, 4) is 0 Å². The van der Waals surface area contributed by atoms with Gasteiger partial charge in [0, 0.05) is 19.2 Å². The maximum Gasteiger partial charge on any atom is 0.247 e. The van der Waals surface area contributed by atoms with E-state index in [1.54, 1.807) is 12.3 Å². The molecule has 3 rings (SSSR count). The molecule has 2 heterocycles. The van der Waals surface area contributed by atoms with Crippen molar-refractivity contribution in [1.29, 1.82) is 0 Å². The first-order chi connectivity index (χ1) is 11.2. The Kier molecular flexibility index (Phi) is 4.68. The second kappa shape index (κ2) is 7.06. The van der Waals surface area contributed by atoms with Crippen LogP contribution in [0.3, 0.4) is 0 Å². The van der Waals surface area contributed by atoms with Crippen molar-refractivity contribution in [2.24, 2.45) is 5.10 Å². The molecule has 1 aliphatic heterocycles. The molecule has 120 valence electrons. The Morgan fingerprint density at radius 1 is 1.26 bits per heavy atom. The summed E-state index contributed by atoms with van der Waals surface area (Å²) in [5.74, 6) is 1.58. The molecule has 1 aromatic heterocycles. The van der Waals surface area contributed by atoms with E-state index in [2.05, 4.69) is 25.4 Å². The van der Waals surface area contributed by atoms with Crippen molar-refractivity contribution in [2.45, 2.75) is 6.92 Å². The second-order valence-electron chi connectivity index (χ2n) is 5.36. The predicted octanol–water partition coefficient (Wildman–Crippen LogP) is 1.65. The van der Waals surface area contributed by atoms with Crippen molar-refractivity contribution >= 4 is 23.8 Å². The van der Waals surface area contributed by atoms with E-state index in [0.29, 0.717) is 25.0 Å². The Labute approximate surface area is 135 Å². The third-order valence-corrected chi connectivity index (χ3v) is 3.49. The number of hydrazone groups is 1. The summed E-state index contributed by atoms with van der Waals surface area (Å²) in [6.07, 6.45) is 1.73. The largest absolute Gasteiger partial charge is 0.383 e. The Morgan fingerprint density at radius 3 is 2.87 bits per heavy atom. The zero-order valence-electron chi connectivity index (χ0n) is 13.1. The molecule has 0 bridgehead atoms. The molecule has 0 radical (unpaired) electrons. The molecule has 0 spiro atoms. The summed E-state index contributed by atoms with van der Waals surface area (Å²) in [6, 6.07) is 9.83. The van der Waals surface area contributed by atoms with Crippen molar-refractivity contribution in [1.82, 2.24) is 9.97 Å². The van der Waals surface area contributed by atoms with Crippen LogP contribution in [0.5, 0.6) is 0 Å². The number of nitrogen functional groups attached to an aromatic ring is 1. The van der Waals surface area contributed by atoms with Crippen LogP contribution in [0.2, 0.25) is 0 Å². The number of rotatable bonds is 4. The minimum Gasteiger partial charge on any atom is -0.383 e. The molecule has 1 saturated heterocycles. The Hall–Kier alpha value is -2.67. The molecule has 0 aliphatic carbocycles. The summed E-state index contributed by atoms with van der Waals surface area (Å²) in [7, 11) is 0. The number of ether oxygens (including phenoxy) is 1. The van der Waals surface area contributed by atoms with E-state index in [-0.39, 0.29) is 0 Å². The summed E-state index contributed by atoms with van der Waals surface area (Å²) in [5, 5.41) is 4.18. The van der Waals surface area contributed by atoms with Gasteiger partial charge in [0.05, 0.1) is 19.4 Å². The van der Waals surface area contributed by atoms with Gasteiger partial charge < -0.3 is 15.4 Å². The van der Waals surface area contributed by atoms with Crippen molar-refractivity contribution < 1.29 is 4.74 Å². The van der Waals surface area contributed by atoms with Crippen molar-refractivity contribution in [2.75, 3.05) is 42.4 Å². The molecule has 3 N–H and O–H groups in total. The fourth-order valence-electron chi connectivity index (χ4n) is 2.37. The minimum absolute atomic E-state index is 0.385. The van der Waals surface area contributed by atoms with Gasteiger partial charge in [-0.15, -0.1) is 0 Å². The van der Waals surface area contributed by atoms with Gasteiger partial charge in [-0.2, -0.15) is 15.1 Å². The van der Waals surface area contributed by atoms with Crippen LogP contribution in [0, 0.1) is 6.92 Å². The molecule has 7 nitrogen and oxygen atoms in total. The molecule has 0 saturated carbocycles. The Morgan fingerprint density at radius 2 is 2.09 bits per heavy atom. The first kappa shape index (κ1) is 15.2. The number of hydrogen-bond acceptors (Lipinski definition) is 7. The quantitative estimate of drug-likeness (QED) is 0.659. The third kappa shape index (κ3) is 4.17. The molecule has 23 heavy (non-hydrogen) atoms. The lowest BCUT2D eigenvalue weighted by Gasteiger charge is -2.27. The predicted molar refractivity (Wildman–Crippen MR) is 91.9 cm³/mol. The van der Waals surface area contributed by atoms with Crippen molar-refractivity contribution in [3.05, 3.63) is 41.5 Å². The number of aryl methyl sites for hydroxylation is 1. The van der Waals surface area contributed by atoms with Crippen molar-refractivity contribution in [3.63, 3.8) is 0 Å². The van der Waals surface area contributed by atoms with Crippen LogP contribution in [0.15, 0.2) is 35.4 Å². The summed E-state index contributed by atoms with van der Waals surface area (Å²) in [4.78, 5) is 10.7. The topological polar surface area (TPSA) is 88.7 Å². The number of anilines is 3. The highest BCUT2D eigenvalue weighted by Gasteiger charge is 2.14. The molecule has 7 heteroatoms. The van der Waals surface area contributed by atoms with Crippen LogP contribution >= 0.6 is 0 Å². The van der Waals surface area contributed by atoms with E-state index in [0.717, 1.165) is 24.5 Å². The van der Waals surface area contributed by atoms with Gasteiger partial charge in [-0.1, -0.05) is 29.8 Å². The smallest absolute Gasteiger partial charge is 0.247 e. The van der Waals surface area contributed by atoms with E-state index in [1.807, 2.05) is 31.2 Å². The number of aromatic nitrogens is 2. The van der Waals surface area contributed by atoms with Gasteiger partial charge in [0.15, 0.2) is 0 Å². The zero-order valence-corrected chi connectivity index (χ0v) is 13.1. The first-order valence-electron chi connectivity index (χ1n) is 7.54. The molecular weight excluding hydrogens is 292 g/mol. The van der Waals surface area contributed by atoms with Crippen LogP contribution in [-0.4, -0.2) is 42.5 Å². The van der Waals surface area contributed by atoms with Crippen LogP contribution < -0.4 is 16.1 Å². The number of nitrogens with two attached hydrogens (primary N) is 1. The lowest BCUT2D eigenvalue weighted by Crippen LogP contribution is -2.36. The molecular formula is C16H20N6O. The average Bonchev–Trinajstić information content (AvgIpc) is 2.55. The van der Waals surface area contributed by atoms with Gasteiger partial charge >= 0.3 is 0 Å². The SMILES string of the molecule is Cc1cccc(C=NNc2nc(N)cc(N3CCOCC3)n2)c1. The summed E-state index contributed by atoms with van der Waals surface area (Å²) in [5.41, 5.74) is 10.9. The minimum atomic E-state index is 0.385. The maximum absolute atomic E-state index is 5.87. The Bertz CT molecular complexity index is 697. The lowest BCUT2D eigenvalue weighted by molar-refractivity contribution is 0.122. The summed E-state index contributed by atoms with van der Waals surface area (Å²) >= 11 is 0. The number of nitrogens with one attached hydrogen (secondary N) is 1. The van der Waals surface area contributed by atoms with Crippen LogP contribution in [0.4, 0.5) is 17.6 Å². The maximum atomic E-state index is 5.87. The van der Waals surface area contributed by atoms with Crippen LogP contribution in [0.1, 0.15) is 11.1 Å². The second-order valence-corrected chi connectivity index (χ2v) is 5.36. The summed E-state index contributed by atoms with van der Waals surface area (Å²) in [6.45, 7) is 5.02. The lowest BCUT2D eigenvalue weighted by atomic mass is 10.2. The standard InChI is InChI=1S/C16H20N6O/c1-12-3-2-4-13(9-12)11-18-21-16-19-14(17)10-15(20-16)22-5-7-23-8-6-22/h2-4,9-11H,5-8H2,1H3,(H3,17,19,20,21). The molecule has 0 amide bonds. The molecule has 1 aliphatic rings. The molecule has 1 aromatic carbocycles. The van der Waals surface area contributed by atoms with E-state index in [4.69, 9.17) is 10.5 Å².